The van der Waals surface area contributed by atoms with E-state index in [9.17, 15) is 14.4 Å². The van der Waals surface area contributed by atoms with E-state index in [1.807, 2.05) is 23.6 Å². The molecule has 6 nitrogen and oxygen atoms in total. The third kappa shape index (κ3) is 5.65. The number of nitrogens with one attached hydrogen (secondary N) is 1. The lowest BCUT2D eigenvalue weighted by Crippen LogP contribution is -2.24. The summed E-state index contributed by atoms with van der Waals surface area (Å²) in [5.74, 6) is -0.681. The molecule has 0 saturated carbocycles. The number of esters is 1. The highest BCUT2D eigenvalue weighted by atomic mass is 32.1. The van der Waals surface area contributed by atoms with Gasteiger partial charge in [0, 0.05) is 35.6 Å². The van der Waals surface area contributed by atoms with E-state index in [2.05, 4.69) is 5.32 Å². The average Bonchev–Trinajstić information content (AvgIpc) is 3.32. The van der Waals surface area contributed by atoms with E-state index in [0.717, 1.165) is 18.5 Å². The number of nitrogens with zero attached hydrogens (tertiary/aromatic N) is 1. The first-order valence-electron chi connectivity index (χ1n) is 9.00. The van der Waals surface area contributed by atoms with E-state index in [4.69, 9.17) is 4.74 Å². The molecule has 27 heavy (non-hydrogen) atoms. The lowest BCUT2D eigenvalue weighted by atomic mass is 10.2. The van der Waals surface area contributed by atoms with Crippen LogP contribution in [0.3, 0.4) is 0 Å². The van der Waals surface area contributed by atoms with Gasteiger partial charge >= 0.3 is 5.97 Å². The fraction of sp³-hybridized carbons (Fsp3) is 0.350. The first-order chi connectivity index (χ1) is 13.1. The van der Waals surface area contributed by atoms with Gasteiger partial charge in [0.25, 0.3) is 5.91 Å². The van der Waals surface area contributed by atoms with Gasteiger partial charge in [0.2, 0.25) is 5.91 Å². The molecule has 1 aromatic heterocycles. The maximum atomic E-state index is 12.0. The molecule has 1 fully saturated rings. The smallest absolute Gasteiger partial charge is 0.306 e. The van der Waals surface area contributed by atoms with Crippen molar-refractivity contribution in [2.24, 2.45) is 0 Å². The minimum absolute atomic E-state index is 0.0926. The zero-order chi connectivity index (χ0) is 19.1. The van der Waals surface area contributed by atoms with Crippen molar-refractivity contribution < 1.29 is 19.1 Å². The van der Waals surface area contributed by atoms with Crippen molar-refractivity contribution in [1.82, 2.24) is 0 Å². The van der Waals surface area contributed by atoms with E-state index in [-0.39, 0.29) is 24.9 Å². The number of ether oxygens (including phenoxy) is 1. The molecule has 0 bridgehead atoms. The number of amides is 2. The van der Waals surface area contributed by atoms with Gasteiger partial charge < -0.3 is 15.0 Å². The molecular weight excluding hydrogens is 364 g/mol. The molecule has 1 aromatic carbocycles. The summed E-state index contributed by atoms with van der Waals surface area (Å²) >= 11 is 1.66. The summed E-state index contributed by atoms with van der Waals surface area (Å²) < 4.78 is 5.03. The Morgan fingerprint density at radius 3 is 2.85 bits per heavy atom. The molecule has 2 aromatic rings. The van der Waals surface area contributed by atoms with Crippen molar-refractivity contribution >= 4 is 40.5 Å². The maximum absolute atomic E-state index is 12.0. The molecule has 0 aliphatic carbocycles. The van der Waals surface area contributed by atoms with Crippen LogP contribution in [-0.4, -0.2) is 30.9 Å². The van der Waals surface area contributed by atoms with Crippen molar-refractivity contribution in [3.8, 4) is 0 Å². The topological polar surface area (TPSA) is 75.7 Å². The lowest BCUT2D eigenvalue weighted by molar-refractivity contribution is -0.147. The summed E-state index contributed by atoms with van der Waals surface area (Å²) in [4.78, 5) is 38.5. The molecule has 2 amide bonds. The second kappa shape index (κ2) is 9.32. The monoisotopic (exact) mass is 386 g/mol. The third-order valence-corrected chi connectivity index (χ3v) is 5.20. The standard InChI is InChI=1S/C20H22N2O4S/c23-18(14-26-20(25)10-2-7-17-8-4-12-27-17)21-15-5-1-6-16(13-15)22-11-3-9-19(22)24/h1,4-6,8,12-13H,2-3,7,9-11,14H2,(H,21,23). The lowest BCUT2D eigenvalue weighted by Gasteiger charge is -2.16. The number of hydrogen-bond donors (Lipinski definition) is 1. The van der Waals surface area contributed by atoms with E-state index in [0.29, 0.717) is 25.1 Å². The van der Waals surface area contributed by atoms with Crippen LogP contribution in [0.2, 0.25) is 0 Å². The number of hydrogen-bond acceptors (Lipinski definition) is 5. The molecule has 1 saturated heterocycles. The predicted octanol–water partition coefficient (Wildman–Crippen LogP) is 3.38. The van der Waals surface area contributed by atoms with Crippen molar-refractivity contribution in [1.29, 1.82) is 0 Å². The van der Waals surface area contributed by atoms with Crippen LogP contribution in [-0.2, 0) is 25.5 Å². The second-order valence-electron chi connectivity index (χ2n) is 6.34. The van der Waals surface area contributed by atoms with Gasteiger partial charge in [-0.3, -0.25) is 14.4 Å². The SMILES string of the molecule is O=C(COC(=O)CCCc1cccs1)Nc1cccc(N2CCCC2=O)c1. The number of thiophene rings is 1. The van der Waals surface area contributed by atoms with Crippen LogP contribution in [0.1, 0.15) is 30.6 Å². The summed E-state index contributed by atoms with van der Waals surface area (Å²) in [6.45, 7) is 0.379. The van der Waals surface area contributed by atoms with E-state index in [1.54, 1.807) is 34.4 Å². The second-order valence-corrected chi connectivity index (χ2v) is 7.37. The Balaban J connectivity index is 1.41. The van der Waals surface area contributed by atoms with Gasteiger partial charge in [-0.25, -0.2) is 0 Å². The Kier molecular flexibility index (Phi) is 6.59. The van der Waals surface area contributed by atoms with Crippen molar-refractivity contribution in [3.63, 3.8) is 0 Å². The molecule has 7 heteroatoms. The van der Waals surface area contributed by atoms with Gasteiger partial charge in [-0.1, -0.05) is 12.1 Å². The molecule has 0 spiro atoms. The predicted molar refractivity (Wildman–Crippen MR) is 105 cm³/mol. The van der Waals surface area contributed by atoms with E-state index in [1.165, 1.54) is 4.88 Å². The zero-order valence-electron chi connectivity index (χ0n) is 15.0. The summed E-state index contributed by atoms with van der Waals surface area (Å²) in [5.41, 5.74) is 1.34. The quantitative estimate of drug-likeness (QED) is 0.706. The van der Waals surface area contributed by atoms with Crippen LogP contribution in [0.5, 0.6) is 0 Å². The average molecular weight is 386 g/mol. The highest BCUT2D eigenvalue weighted by molar-refractivity contribution is 7.09. The Bertz CT molecular complexity index is 804. The number of carbonyl (C=O) groups is 3. The molecule has 0 atom stereocenters. The van der Waals surface area contributed by atoms with Crippen LogP contribution in [0.4, 0.5) is 11.4 Å². The Hall–Kier alpha value is -2.67. The number of aryl methyl sites for hydroxylation is 1. The summed E-state index contributed by atoms with van der Waals surface area (Å²) in [6.07, 6.45) is 3.22. The minimum atomic E-state index is -0.397. The number of benzene rings is 1. The van der Waals surface area contributed by atoms with Crippen LogP contribution >= 0.6 is 11.3 Å². The molecule has 3 rings (SSSR count). The Morgan fingerprint density at radius 1 is 1.22 bits per heavy atom. The highest BCUT2D eigenvalue weighted by Gasteiger charge is 2.21. The molecule has 142 valence electrons. The van der Waals surface area contributed by atoms with Crippen LogP contribution < -0.4 is 10.2 Å². The van der Waals surface area contributed by atoms with Crippen molar-refractivity contribution in [2.45, 2.75) is 32.1 Å². The fourth-order valence-electron chi connectivity index (χ4n) is 2.95. The number of carbonyl (C=O) groups excluding carboxylic acids is 3. The van der Waals surface area contributed by atoms with Crippen molar-refractivity contribution in [2.75, 3.05) is 23.4 Å². The molecule has 1 aliphatic rings. The number of anilines is 2. The van der Waals surface area contributed by atoms with Crippen LogP contribution in [0, 0.1) is 0 Å². The van der Waals surface area contributed by atoms with Crippen LogP contribution in [0.25, 0.3) is 0 Å². The molecule has 2 heterocycles. The van der Waals surface area contributed by atoms with Gasteiger partial charge in [0.1, 0.15) is 0 Å². The van der Waals surface area contributed by atoms with Gasteiger partial charge in [-0.2, -0.15) is 0 Å². The van der Waals surface area contributed by atoms with Crippen LogP contribution in [0.15, 0.2) is 41.8 Å². The van der Waals surface area contributed by atoms with Gasteiger partial charge in [0.15, 0.2) is 6.61 Å². The highest BCUT2D eigenvalue weighted by Crippen LogP contribution is 2.24. The zero-order valence-corrected chi connectivity index (χ0v) is 15.8. The summed E-state index contributed by atoms with van der Waals surface area (Å²) in [7, 11) is 0. The fourth-order valence-corrected chi connectivity index (χ4v) is 3.70. The Morgan fingerprint density at radius 2 is 2.11 bits per heavy atom. The third-order valence-electron chi connectivity index (χ3n) is 4.26. The molecule has 0 unspecified atom stereocenters. The molecule has 1 aliphatic heterocycles. The van der Waals surface area contributed by atoms with E-state index < -0.39 is 5.91 Å². The van der Waals surface area contributed by atoms with Gasteiger partial charge in [-0.15, -0.1) is 11.3 Å². The van der Waals surface area contributed by atoms with Gasteiger partial charge in [-0.05, 0) is 48.9 Å². The minimum Gasteiger partial charge on any atom is -0.456 e. The first-order valence-corrected chi connectivity index (χ1v) is 9.88. The summed E-state index contributed by atoms with van der Waals surface area (Å²) in [6, 6.07) is 11.1. The Labute approximate surface area is 162 Å². The summed E-state index contributed by atoms with van der Waals surface area (Å²) in [5, 5.41) is 4.71. The molecule has 1 N–H and O–H groups in total. The molecule has 0 radical (unpaired) electrons. The van der Waals surface area contributed by atoms with Gasteiger partial charge in [0.05, 0.1) is 0 Å². The molecular formula is C20H22N2O4S. The maximum Gasteiger partial charge on any atom is 0.306 e. The first kappa shape index (κ1) is 19.1. The largest absolute Gasteiger partial charge is 0.456 e. The van der Waals surface area contributed by atoms with Crippen molar-refractivity contribution in [3.05, 3.63) is 46.7 Å². The number of rotatable bonds is 8. The normalized spacial score (nSPS) is 13.6. The van der Waals surface area contributed by atoms with E-state index >= 15 is 0 Å².